The minimum Gasteiger partial charge on any atom is -0.493 e. The molecule has 2 aromatic rings. The molecule has 0 unspecified atom stereocenters. The van der Waals surface area contributed by atoms with Crippen molar-refractivity contribution in [3.05, 3.63) is 59.7 Å². The zero-order valence-corrected chi connectivity index (χ0v) is 16.0. The first kappa shape index (κ1) is 19.7. The van der Waals surface area contributed by atoms with Crippen LogP contribution >= 0.6 is 12.2 Å². The summed E-state index contributed by atoms with van der Waals surface area (Å²) < 4.78 is 11.1. The Labute approximate surface area is 160 Å². The third kappa shape index (κ3) is 6.72. The van der Waals surface area contributed by atoms with Crippen LogP contribution in [0, 0.1) is 0 Å². The van der Waals surface area contributed by atoms with E-state index in [0.29, 0.717) is 24.0 Å². The number of nitrogens with zero attached hydrogens (tertiary/aromatic N) is 1. The molecule has 5 nitrogen and oxygen atoms in total. The lowest BCUT2D eigenvalue weighted by atomic mass is 10.2. The summed E-state index contributed by atoms with van der Waals surface area (Å²) in [5.74, 6) is 1.43. The average Bonchev–Trinajstić information content (AvgIpc) is 2.68. The Bertz CT molecular complexity index is 720. The Kier molecular flexibility index (Phi) is 8.42. The van der Waals surface area contributed by atoms with Crippen LogP contribution in [0.5, 0.6) is 11.5 Å². The highest BCUT2D eigenvalue weighted by Gasteiger charge is 2.04. The molecular weight excluding hydrogens is 346 g/mol. The van der Waals surface area contributed by atoms with Gasteiger partial charge in [-0.25, -0.2) is 0 Å². The van der Waals surface area contributed by atoms with E-state index in [2.05, 4.69) is 22.8 Å². The van der Waals surface area contributed by atoms with Crippen molar-refractivity contribution in [2.75, 3.05) is 13.7 Å². The maximum Gasteiger partial charge on any atom is 0.187 e. The van der Waals surface area contributed by atoms with Gasteiger partial charge in [0.05, 0.1) is 19.9 Å². The lowest BCUT2D eigenvalue weighted by Crippen LogP contribution is -2.31. The second kappa shape index (κ2) is 11.1. The van der Waals surface area contributed by atoms with Gasteiger partial charge in [0.15, 0.2) is 16.6 Å². The summed E-state index contributed by atoms with van der Waals surface area (Å²) in [7, 11) is 1.63. The van der Waals surface area contributed by atoms with Crippen LogP contribution in [0.1, 0.15) is 30.9 Å². The van der Waals surface area contributed by atoms with Crippen LogP contribution < -0.4 is 20.2 Å². The molecule has 0 saturated carbocycles. The number of hydrogen-bond acceptors (Lipinski definition) is 4. The van der Waals surface area contributed by atoms with Crippen LogP contribution in [-0.4, -0.2) is 25.0 Å². The van der Waals surface area contributed by atoms with E-state index in [9.17, 15) is 0 Å². The molecule has 0 aromatic heterocycles. The van der Waals surface area contributed by atoms with Gasteiger partial charge in [0.25, 0.3) is 0 Å². The number of hydrogen-bond donors (Lipinski definition) is 2. The zero-order chi connectivity index (χ0) is 18.6. The number of benzene rings is 2. The average molecular weight is 372 g/mol. The molecule has 0 radical (unpaired) electrons. The van der Waals surface area contributed by atoms with Crippen molar-refractivity contribution in [3.63, 3.8) is 0 Å². The molecule has 6 heteroatoms. The fraction of sp³-hybridized carbons (Fsp3) is 0.300. The highest BCUT2D eigenvalue weighted by Crippen LogP contribution is 2.27. The smallest absolute Gasteiger partial charge is 0.187 e. The number of ether oxygens (including phenoxy) is 2. The Hall–Kier alpha value is -2.60. The molecule has 0 heterocycles. The lowest BCUT2D eigenvalue weighted by molar-refractivity contribution is 0.288. The fourth-order valence-electron chi connectivity index (χ4n) is 2.19. The summed E-state index contributed by atoms with van der Waals surface area (Å²) >= 11 is 5.22. The minimum atomic E-state index is 0.469. The Morgan fingerprint density at radius 2 is 1.96 bits per heavy atom. The number of hydrazone groups is 1. The van der Waals surface area contributed by atoms with Crippen LogP contribution in [-0.2, 0) is 6.54 Å². The van der Waals surface area contributed by atoms with Gasteiger partial charge in [-0.05, 0) is 48.0 Å². The highest BCUT2D eigenvalue weighted by atomic mass is 32.1. The van der Waals surface area contributed by atoms with Gasteiger partial charge in [-0.3, -0.25) is 5.43 Å². The summed E-state index contributed by atoms with van der Waals surface area (Å²) in [5, 5.41) is 7.74. The van der Waals surface area contributed by atoms with Crippen LogP contribution in [0.15, 0.2) is 53.6 Å². The number of methoxy groups -OCH3 is 1. The summed E-state index contributed by atoms with van der Waals surface area (Å²) in [4.78, 5) is 0. The molecule has 2 rings (SSSR count). The van der Waals surface area contributed by atoms with Gasteiger partial charge < -0.3 is 14.8 Å². The molecule has 0 fully saturated rings. The molecule has 0 atom stereocenters. The first-order valence-electron chi connectivity index (χ1n) is 8.64. The number of rotatable bonds is 9. The fourth-order valence-corrected chi connectivity index (χ4v) is 2.32. The largest absolute Gasteiger partial charge is 0.493 e. The molecule has 0 aliphatic heterocycles. The van der Waals surface area contributed by atoms with E-state index >= 15 is 0 Å². The maximum absolute atomic E-state index is 5.72. The number of thiocarbonyl (C=S) groups is 1. The third-order valence-corrected chi connectivity index (χ3v) is 3.85. The minimum absolute atomic E-state index is 0.469. The first-order chi connectivity index (χ1) is 12.7. The van der Waals surface area contributed by atoms with Crippen molar-refractivity contribution in [3.8, 4) is 11.5 Å². The quantitative estimate of drug-likeness (QED) is 0.303. The van der Waals surface area contributed by atoms with E-state index in [0.717, 1.165) is 29.7 Å². The van der Waals surface area contributed by atoms with Gasteiger partial charge in [0, 0.05) is 6.54 Å². The van der Waals surface area contributed by atoms with E-state index in [4.69, 9.17) is 21.7 Å². The molecule has 2 N–H and O–H groups in total. The molecule has 138 valence electrons. The molecule has 0 spiro atoms. The molecule has 0 aliphatic carbocycles. The highest BCUT2D eigenvalue weighted by molar-refractivity contribution is 7.80. The van der Waals surface area contributed by atoms with E-state index in [1.165, 1.54) is 0 Å². The van der Waals surface area contributed by atoms with Crippen molar-refractivity contribution >= 4 is 23.5 Å². The predicted octanol–water partition coefficient (Wildman–Crippen LogP) is 3.87. The molecular formula is C20H25N3O2S. The first-order valence-corrected chi connectivity index (χ1v) is 9.05. The van der Waals surface area contributed by atoms with Crippen molar-refractivity contribution in [1.82, 2.24) is 10.7 Å². The predicted molar refractivity (Wildman–Crippen MR) is 110 cm³/mol. The second-order valence-electron chi connectivity index (χ2n) is 5.65. The Morgan fingerprint density at radius 1 is 1.15 bits per heavy atom. The van der Waals surface area contributed by atoms with Crippen LogP contribution in [0.2, 0.25) is 0 Å². The summed E-state index contributed by atoms with van der Waals surface area (Å²) in [6.07, 6.45) is 3.80. The molecule has 0 bridgehead atoms. The van der Waals surface area contributed by atoms with Crippen molar-refractivity contribution in [2.45, 2.75) is 26.3 Å². The van der Waals surface area contributed by atoms with Crippen LogP contribution in [0.4, 0.5) is 0 Å². The zero-order valence-electron chi connectivity index (χ0n) is 15.2. The topological polar surface area (TPSA) is 54.9 Å². The summed E-state index contributed by atoms with van der Waals surface area (Å²) in [5.41, 5.74) is 4.86. The van der Waals surface area contributed by atoms with E-state index in [-0.39, 0.29) is 0 Å². The normalized spacial score (nSPS) is 10.5. The summed E-state index contributed by atoms with van der Waals surface area (Å²) in [6, 6.07) is 15.7. The summed E-state index contributed by atoms with van der Waals surface area (Å²) in [6.45, 7) is 3.47. The van der Waals surface area contributed by atoms with Crippen molar-refractivity contribution < 1.29 is 9.47 Å². The third-order valence-electron chi connectivity index (χ3n) is 3.62. The SMILES string of the molecule is CCCCOc1ccc(/C=N/NC(=S)NCc2ccccc2)cc1OC. The van der Waals surface area contributed by atoms with Gasteiger partial charge in [-0.1, -0.05) is 43.7 Å². The maximum atomic E-state index is 5.72. The number of unbranched alkanes of at least 4 members (excludes halogenated alkanes) is 1. The number of nitrogens with one attached hydrogen (secondary N) is 2. The van der Waals surface area contributed by atoms with Gasteiger partial charge in [-0.15, -0.1) is 0 Å². The van der Waals surface area contributed by atoms with Crippen LogP contribution in [0.25, 0.3) is 0 Å². The van der Waals surface area contributed by atoms with Gasteiger partial charge in [-0.2, -0.15) is 5.10 Å². The standard InChI is InChI=1S/C20H25N3O2S/c1-3-4-12-25-18-11-10-17(13-19(18)24-2)15-22-23-20(26)21-14-16-8-6-5-7-9-16/h5-11,13,15H,3-4,12,14H2,1-2H3,(H2,21,23,26)/b22-15+. The van der Waals surface area contributed by atoms with E-state index < -0.39 is 0 Å². The van der Waals surface area contributed by atoms with Gasteiger partial charge in [0.2, 0.25) is 0 Å². The van der Waals surface area contributed by atoms with Crippen molar-refractivity contribution in [2.24, 2.45) is 5.10 Å². The van der Waals surface area contributed by atoms with Gasteiger partial charge >= 0.3 is 0 Å². The van der Waals surface area contributed by atoms with E-state index in [1.54, 1.807) is 13.3 Å². The Morgan fingerprint density at radius 3 is 2.69 bits per heavy atom. The molecule has 26 heavy (non-hydrogen) atoms. The van der Waals surface area contributed by atoms with Crippen molar-refractivity contribution in [1.29, 1.82) is 0 Å². The van der Waals surface area contributed by atoms with Gasteiger partial charge in [0.1, 0.15) is 0 Å². The second-order valence-corrected chi connectivity index (χ2v) is 6.06. The lowest BCUT2D eigenvalue weighted by Gasteiger charge is -2.11. The molecule has 0 saturated heterocycles. The molecule has 0 aliphatic rings. The molecule has 0 amide bonds. The van der Waals surface area contributed by atoms with E-state index in [1.807, 2.05) is 48.5 Å². The molecule has 2 aromatic carbocycles. The monoisotopic (exact) mass is 371 g/mol. The van der Waals surface area contributed by atoms with Crippen LogP contribution in [0.3, 0.4) is 0 Å². The Balaban J connectivity index is 1.84.